The van der Waals surface area contributed by atoms with E-state index in [-0.39, 0.29) is 11.5 Å². The van der Waals surface area contributed by atoms with Crippen molar-refractivity contribution in [2.75, 3.05) is 23.9 Å². The molecule has 8 nitrogen and oxygen atoms in total. The number of hydrogen-bond acceptors (Lipinski definition) is 6. The molecule has 160 valence electrons. The average molecular weight is 422 g/mol. The van der Waals surface area contributed by atoms with Gasteiger partial charge in [-0.2, -0.15) is 0 Å². The largest absolute Gasteiger partial charge is 0.465 e. The van der Waals surface area contributed by atoms with Crippen LogP contribution in [0.4, 0.5) is 11.4 Å². The fourth-order valence-electron chi connectivity index (χ4n) is 4.26. The molecule has 1 aliphatic carbocycles. The number of nitrogens with zero attached hydrogens (tertiary/aromatic N) is 1. The zero-order valence-electron chi connectivity index (χ0n) is 17.1. The van der Waals surface area contributed by atoms with Gasteiger partial charge in [0.05, 0.1) is 29.6 Å². The molecule has 0 radical (unpaired) electrons. The van der Waals surface area contributed by atoms with Gasteiger partial charge in [0.15, 0.2) is 6.61 Å². The second-order valence-corrected chi connectivity index (χ2v) is 7.58. The highest BCUT2D eigenvalue weighted by molar-refractivity contribution is 6.15. The van der Waals surface area contributed by atoms with E-state index in [1.807, 2.05) is 0 Å². The Balaban J connectivity index is 1.52. The van der Waals surface area contributed by atoms with Crippen LogP contribution < -0.4 is 10.2 Å². The number of esters is 2. The van der Waals surface area contributed by atoms with Crippen LogP contribution in [0.1, 0.15) is 46.4 Å². The van der Waals surface area contributed by atoms with Gasteiger partial charge in [-0.05, 0) is 49.2 Å². The molecule has 2 amide bonds. The summed E-state index contributed by atoms with van der Waals surface area (Å²) in [7, 11) is 1.27. The fourth-order valence-corrected chi connectivity index (χ4v) is 4.26. The standard InChI is InChI=1S/C23H22N2O6/c1-30-20(27)15-8-10-16(11-9-15)21(28)31-14-19(26)25-18-7-3-2-6-17(18)24-22(29)23(25)12-4-5-13-23/h2-3,6-11H,4-5,12-14H2,1H3,(H,24,29). The number of carbonyl (C=O) groups excluding carboxylic acids is 4. The Hall–Kier alpha value is -3.68. The van der Waals surface area contributed by atoms with Crippen molar-refractivity contribution in [2.45, 2.75) is 31.2 Å². The highest BCUT2D eigenvalue weighted by Crippen LogP contribution is 2.45. The van der Waals surface area contributed by atoms with E-state index in [1.165, 1.54) is 36.3 Å². The van der Waals surface area contributed by atoms with Gasteiger partial charge in [-0.1, -0.05) is 25.0 Å². The monoisotopic (exact) mass is 422 g/mol. The lowest BCUT2D eigenvalue weighted by Crippen LogP contribution is -2.61. The quantitative estimate of drug-likeness (QED) is 0.760. The normalized spacial score (nSPS) is 16.4. The van der Waals surface area contributed by atoms with Crippen LogP contribution in [0.25, 0.3) is 0 Å². The van der Waals surface area contributed by atoms with Crippen LogP contribution in [0.15, 0.2) is 48.5 Å². The topological polar surface area (TPSA) is 102 Å². The van der Waals surface area contributed by atoms with Crippen molar-refractivity contribution in [3.63, 3.8) is 0 Å². The van der Waals surface area contributed by atoms with Crippen LogP contribution in [-0.2, 0) is 19.1 Å². The molecule has 0 bridgehead atoms. The second kappa shape index (κ2) is 8.22. The average Bonchev–Trinajstić information content (AvgIpc) is 3.28. The van der Waals surface area contributed by atoms with Gasteiger partial charge < -0.3 is 14.8 Å². The summed E-state index contributed by atoms with van der Waals surface area (Å²) >= 11 is 0. The molecular weight excluding hydrogens is 400 g/mol. The summed E-state index contributed by atoms with van der Waals surface area (Å²) in [5.41, 5.74) is 0.706. The summed E-state index contributed by atoms with van der Waals surface area (Å²) < 4.78 is 9.87. The number of para-hydroxylation sites is 2. The zero-order chi connectivity index (χ0) is 22.0. The third-order valence-electron chi connectivity index (χ3n) is 5.79. The molecule has 2 aromatic rings. The van der Waals surface area contributed by atoms with Crippen molar-refractivity contribution in [1.29, 1.82) is 0 Å². The number of anilines is 2. The lowest BCUT2D eigenvalue weighted by molar-refractivity contribution is -0.129. The predicted molar refractivity (Wildman–Crippen MR) is 112 cm³/mol. The maximum absolute atomic E-state index is 13.2. The van der Waals surface area contributed by atoms with Crippen LogP contribution in [0.5, 0.6) is 0 Å². The number of ether oxygens (including phenoxy) is 2. The number of fused-ring (bicyclic) bond motifs is 1. The van der Waals surface area contributed by atoms with Gasteiger partial charge >= 0.3 is 11.9 Å². The first-order chi connectivity index (χ1) is 15.0. The fraction of sp³-hybridized carbons (Fsp3) is 0.304. The highest BCUT2D eigenvalue weighted by atomic mass is 16.5. The van der Waals surface area contributed by atoms with E-state index >= 15 is 0 Å². The van der Waals surface area contributed by atoms with Crippen molar-refractivity contribution in [3.8, 4) is 0 Å². The third kappa shape index (κ3) is 3.65. The first-order valence-electron chi connectivity index (χ1n) is 10.1. The number of nitrogens with one attached hydrogen (secondary N) is 1. The Labute approximate surface area is 179 Å². The lowest BCUT2D eigenvalue weighted by atomic mass is 9.90. The number of hydrogen-bond donors (Lipinski definition) is 1. The second-order valence-electron chi connectivity index (χ2n) is 7.58. The van der Waals surface area contributed by atoms with Crippen molar-refractivity contribution in [2.24, 2.45) is 0 Å². The smallest absolute Gasteiger partial charge is 0.338 e. The number of methoxy groups -OCH3 is 1. The molecule has 0 aromatic heterocycles. The molecule has 2 aliphatic rings. The summed E-state index contributed by atoms with van der Waals surface area (Å²) in [6.45, 7) is -0.499. The maximum atomic E-state index is 13.2. The van der Waals surface area contributed by atoms with Gasteiger partial charge in [-0.25, -0.2) is 9.59 Å². The number of amides is 2. The predicted octanol–water partition coefficient (Wildman–Crippen LogP) is 2.93. The Kier molecular flexibility index (Phi) is 5.46. The van der Waals surface area contributed by atoms with Crippen molar-refractivity contribution in [1.82, 2.24) is 0 Å². The number of carbonyl (C=O) groups is 4. The SMILES string of the molecule is COC(=O)c1ccc(C(=O)OCC(=O)N2c3ccccc3NC(=O)C23CCCC3)cc1. The minimum absolute atomic E-state index is 0.202. The van der Waals surface area contributed by atoms with E-state index in [1.54, 1.807) is 24.3 Å². The van der Waals surface area contributed by atoms with Gasteiger partial charge in [0.25, 0.3) is 11.8 Å². The number of rotatable bonds is 4. The Morgan fingerprint density at radius 3 is 2.23 bits per heavy atom. The van der Waals surface area contributed by atoms with E-state index in [4.69, 9.17) is 4.74 Å². The van der Waals surface area contributed by atoms with Gasteiger partial charge in [0, 0.05) is 0 Å². The van der Waals surface area contributed by atoms with Crippen LogP contribution in [0.2, 0.25) is 0 Å². The van der Waals surface area contributed by atoms with E-state index in [9.17, 15) is 19.2 Å². The van der Waals surface area contributed by atoms with Crippen molar-refractivity contribution >= 4 is 35.1 Å². The summed E-state index contributed by atoms with van der Waals surface area (Å²) in [4.78, 5) is 51.5. The summed E-state index contributed by atoms with van der Waals surface area (Å²) in [5, 5.41) is 2.91. The Morgan fingerprint density at radius 1 is 0.968 bits per heavy atom. The van der Waals surface area contributed by atoms with E-state index in [0.29, 0.717) is 29.8 Å². The molecule has 1 saturated carbocycles. The molecule has 1 heterocycles. The van der Waals surface area contributed by atoms with Crippen LogP contribution in [-0.4, -0.2) is 43.0 Å². The van der Waals surface area contributed by atoms with Gasteiger partial charge in [0.2, 0.25) is 0 Å². The highest BCUT2D eigenvalue weighted by Gasteiger charge is 2.52. The molecule has 0 unspecified atom stereocenters. The zero-order valence-corrected chi connectivity index (χ0v) is 17.1. The molecule has 0 atom stereocenters. The summed E-state index contributed by atoms with van der Waals surface area (Å²) in [5.74, 6) is -1.87. The molecule has 0 saturated heterocycles. The Bertz CT molecular complexity index is 1040. The van der Waals surface area contributed by atoms with Gasteiger partial charge in [-0.15, -0.1) is 0 Å². The summed E-state index contributed by atoms with van der Waals surface area (Å²) in [6.07, 6.45) is 2.79. The molecule has 4 rings (SSSR count). The molecule has 1 spiro atoms. The minimum Gasteiger partial charge on any atom is -0.465 e. The number of benzene rings is 2. The van der Waals surface area contributed by atoms with Crippen molar-refractivity contribution in [3.05, 3.63) is 59.7 Å². The first-order valence-corrected chi connectivity index (χ1v) is 10.1. The van der Waals surface area contributed by atoms with Crippen LogP contribution in [0, 0.1) is 0 Å². The van der Waals surface area contributed by atoms with Gasteiger partial charge in [-0.3, -0.25) is 14.5 Å². The Morgan fingerprint density at radius 2 is 1.58 bits per heavy atom. The molecule has 1 fully saturated rings. The van der Waals surface area contributed by atoms with E-state index in [0.717, 1.165) is 12.8 Å². The molecule has 31 heavy (non-hydrogen) atoms. The molecule has 8 heteroatoms. The summed E-state index contributed by atoms with van der Waals surface area (Å²) in [6, 6.07) is 12.9. The van der Waals surface area contributed by atoms with Crippen LogP contribution >= 0.6 is 0 Å². The first kappa shape index (κ1) is 20.6. The van der Waals surface area contributed by atoms with Crippen LogP contribution in [0.3, 0.4) is 0 Å². The molecule has 1 N–H and O–H groups in total. The molecule has 1 aliphatic heterocycles. The van der Waals surface area contributed by atoms with Crippen molar-refractivity contribution < 1.29 is 28.7 Å². The molecule has 2 aromatic carbocycles. The minimum atomic E-state index is -0.958. The third-order valence-corrected chi connectivity index (χ3v) is 5.79. The van der Waals surface area contributed by atoms with Gasteiger partial charge in [0.1, 0.15) is 5.54 Å². The van der Waals surface area contributed by atoms with E-state index in [2.05, 4.69) is 10.1 Å². The maximum Gasteiger partial charge on any atom is 0.338 e. The molecular formula is C23H22N2O6. The van der Waals surface area contributed by atoms with E-state index < -0.39 is 30.0 Å². The lowest BCUT2D eigenvalue weighted by Gasteiger charge is -2.44.